The molecule has 0 fully saturated rings. The minimum Gasteiger partial charge on any atom is -0.400 e. The summed E-state index contributed by atoms with van der Waals surface area (Å²) in [6.07, 6.45) is 3.89. The van der Waals surface area contributed by atoms with Crippen LogP contribution in [-0.2, 0) is 12.8 Å². The minimum atomic E-state index is 1.00. The van der Waals surface area contributed by atoms with Crippen molar-refractivity contribution in [2.24, 2.45) is 0 Å². The lowest BCUT2D eigenvalue weighted by atomic mass is 10.1. The summed E-state index contributed by atoms with van der Waals surface area (Å²) in [6, 6.07) is 6.60. The van der Waals surface area contributed by atoms with Gasteiger partial charge in [-0.3, -0.25) is 0 Å². The SMILES string of the molecule is Brc1ccc2c(c1)CCC2.CO. The summed E-state index contributed by atoms with van der Waals surface area (Å²) in [6.45, 7) is 0. The lowest BCUT2D eigenvalue weighted by Gasteiger charge is -1.97. The quantitative estimate of drug-likeness (QED) is 0.724. The molecule has 0 atom stereocenters. The Morgan fingerprint density at radius 1 is 1.17 bits per heavy atom. The van der Waals surface area contributed by atoms with Crippen LogP contribution in [-0.4, -0.2) is 12.2 Å². The van der Waals surface area contributed by atoms with Gasteiger partial charge in [0.25, 0.3) is 0 Å². The van der Waals surface area contributed by atoms with E-state index in [4.69, 9.17) is 5.11 Å². The van der Waals surface area contributed by atoms with Crippen molar-refractivity contribution in [1.29, 1.82) is 0 Å². The van der Waals surface area contributed by atoms with Crippen LogP contribution in [0.3, 0.4) is 0 Å². The molecule has 0 aromatic heterocycles. The van der Waals surface area contributed by atoms with E-state index in [-0.39, 0.29) is 0 Å². The van der Waals surface area contributed by atoms with E-state index in [1.807, 2.05) is 0 Å². The van der Waals surface area contributed by atoms with E-state index >= 15 is 0 Å². The highest BCUT2D eigenvalue weighted by Crippen LogP contribution is 2.24. The van der Waals surface area contributed by atoms with Gasteiger partial charge in [0.1, 0.15) is 0 Å². The standard InChI is InChI=1S/C9H9Br.CH4O/c10-9-5-4-7-2-1-3-8(7)6-9;1-2/h4-6H,1-3H2;2H,1H3. The zero-order valence-corrected chi connectivity index (χ0v) is 8.76. The fraction of sp³-hybridized carbons (Fsp3) is 0.400. The second kappa shape index (κ2) is 4.63. The monoisotopic (exact) mass is 228 g/mol. The van der Waals surface area contributed by atoms with Gasteiger partial charge in [-0.2, -0.15) is 0 Å². The lowest BCUT2D eigenvalue weighted by molar-refractivity contribution is 0.399. The first-order valence-electron chi connectivity index (χ1n) is 4.08. The van der Waals surface area contributed by atoms with Crippen molar-refractivity contribution in [1.82, 2.24) is 0 Å². The van der Waals surface area contributed by atoms with Crippen molar-refractivity contribution in [3.05, 3.63) is 33.8 Å². The van der Waals surface area contributed by atoms with Gasteiger partial charge >= 0.3 is 0 Å². The van der Waals surface area contributed by atoms with Crippen LogP contribution >= 0.6 is 15.9 Å². The van der Waals surface area contributed by atoms with Crippen molar-refractivity contribution in [2.45, 2.75) is 19.3 Å². The second-order valence-electron chi connectivity index (χ2n) is 2.77. The van der Waals surface area contributed by atoms with E-state index in [0.717, 1.165) is 7.11 Å². The van der Waals surface area contributed by atoms with Crippen LogP contribution in [0.25, 0.3) is 0 Å². The number of halogens is 1. The summed E-state index contributed by atoms with van der Waals surface area (Å²) in [4.78, 5) is 0. The molecule has 0 bridgehead atoms. The summed E-state index contributed by atoms with van der Waals surface area (Å²) in [5.41, 5.74) is 3.08. The molecule has 1 aromatic rings. The molecule has 0 saturated heterocycles. The minimum absolute atomic E-state index is 1.00. The van der Waals surface area contributed by atoms with Gasteiger partial charge in [-0.15, -0.1) is 0 Å². The van der Waals surface area contributed by atoms with Crippen molar-refractivity contribution in [2.75, 3.05) is 7.11 Å². The molecule has 1 aromatic carbocycles. The third kappa shape index (κ3) is 2.08. The maximum Gasteiger partial charge on any atom is 0.0319 e. The Balaban J connectivity index is 0.000000336. The molecule has 0 unspecified atom stereocenters. The summed E-state index contributed by atoms with van der Waals surface area (Å²) >= 11 is 3.46. The molecule has 0 heterocycles. The predicted octanol–water partition coefficient (Wildman–Crippen LogP) is 2.55. The fourth-order valence-corrected chi connectivity index (χ4v) is 1.95. The maximum atomic E-state index is 7.00. The Kier molecular flexibility index (Phi) is 3.76. The first kappa shape index (κ1) is 9.75. The van der Waals surface area contributed by atoms with Crippen LogP contribution in [0.4, 0.5) is 0 Å². The van der Waals surface area contributed by atoms with Gasteiger partial charge in [0, 0.05) is 11.6 Å². The van der Waals surface area contributed by atoms with Gasteiger partial charge in [0.05, 0.1) is 0 Å². The van der Waals surface area contributed by atoms with E-state index in [2.05, 4.69) is 34.1 Å². The summed E-state index contributed by atoms with van der Waals surface area (Å²) in [5.74, 6) is 0. The second-order valence-corrected chi connectivity index (χ2v) is 3.68. The number of aliphatic hydroxyl groups is 1. The highest BCUT2D eigenvalue weighted by molar-refractivity contribution is 9.10. The average Bonchev–Trinajstić information content (AvgIpc) is 2.54. The number of rotatable bonds is 0. The number of fused-ring (bicyclic) bond motifs is 1. The molecular weight excluding hydrogens is 216 g/mol. The highest BCUT2D eigenvalue weighted by atomic mass is 79.9. The van der Waals surface area contributed by atoms with Crippen LogP contribution in [0, 0.1) is 0 Å². The maximum absolute atomic E-state index is 7.00. The Morgan fingerprint density at radius 3 is 2.58 bits per heavy atom. The first-order chi connectivity index (χ1) is 5.86. The van der Waals surface area contributed by atoms with E-state index in [0.29, 0.717) is 0 Å². The molecule has 0 saturated carbocycles. The van der Waals surface area contributed by atoms with Crippen molar-refractivity contribution >= 4 is 15.9 Å². The average molecular weight is 229 g/mol. The smallest absolute Gasteiger partial charge is 0.0319 e. The molecule has 0 radical (unpaired) electrons. The summed E-state index contributed by atoms with van der Waals surface area (Å²) in [7, 11) is 1.00. The van der Waals surface area contributed by atoms with Crippen molar-refractivity contribution in [3.63, 3.8) is 0 Å². The van der Waals surface area contributed by atoms with Crippen LogP contribution < -0.4 is 0 Å². The third-order valence-corrected chi connectivity index (χ3v) is 2.55. The van der Waals surface area contributed by atoms with E-state index in [9.17, 15) is 0 Å². The number of hydrogen-bond donors (Lipinski definition) is 1. The van der Waals surface area contributed by atoms with Gasteiger partial charge in [0.15, 0.2) is 0 Å². The number of aryl methyl sites for hydroxylation is 2. The molecule has 1 N–H and O–H groups in total. The lowest BCUT2D eigenvalue weighted by Crippen LogP contribution is -1.79. The van der Waals surface area contributed by atoms with Crippen molar-refractivity contribution < 1.29 is 5.11 Å². The zero-order chi connectivity index (χ0) is 8.97. The Labute approximate surface area is 81.6 Å². The molecule has 1 aliphatic carbocycles. The zero-order valence-electron chi connectivity index (χ0n) is 7.18. The molecule has 1 aliphatic rings. The van der Waals surface area contributed by atoms with Gasteiger partial charge < -0.3 is 5.11 Å². The first-order valence-corrected chi connectivity index (χ1v) is 4.87. The normalized spacial score (nSPS) is 13.2. The van der Waals surface area contributed by atoms with Crippen LogP contribution in [0.2, 0.25) is 0 Å². The molecule has 0 aliphatic heterocycles. The highest BCUT2D eigenvalue weighted by Gasteiger charge is 2.09. The molecular formula is C10H13BrO. The molecule has 66 valence electrons. The van der Waals surface area contributed by atoms with Crippen LogP contribution in [0.5, 0.6) is 0 Å². The molecule has 0 amide bonds. The topological polar surface area (TPSA) is 20.2 Å². The van der Waals surface area contributed by atoms with E-state index in [1.165, 1.54) is 29.3 Å². The largest absolute Gasteiger partial charge is 0.400 e. The van der Waals surface area contributed by atoms with Crippen LogP contribution in [0.1, 0.15) is 17.5 Å². The van der Waals surface area contributed by atoms with E-state index < -0.39 is 0 Å². The van der Waals surface area contributed by atoms with Gasteiger partial charge in [-0.25, -0.2) is 0 Å². The van der Waals surface area contributed by atoms with Crippen LogP contribution in [0.15, 0.2) is 22.7 Å². The molecule has 12 heavy (non-hydrogen) atoms. The number of benzene rings is 1. The molecule has 2 heteroatoms. The number of aliphatic hydroxyl groups excluding tert-OH is 1. The summed E-state index contributed by atoms with van der Waals surface area (Å²) in [5, 5.41) is 7.00. The van der Waals surface area contributed by atoms with Gasteiger partial charge in [0.2, 0.25) is 0 Å². The molecule has 1 nitrogen and oxygen atoms in total. The Morgan fingerprint density at radius 2 is 1.83 bits per heavy atom. The fourth-order valence-electron chi connectivity index (χ4n) is 1.54. The molecule has 0 spiro atoms. The predicted molar refractivity (Wildman–Crippen MR) is 54.3 cm³/mol. The van der Waals surface area contributed by atoms with Crippen molar-refractivity contribution in [3.8, 4) is 0 Å². The summed E-state index contributed by atoms with van der Waals surface area (Å²) < 4.78 is 1.22. The van der Waals surface area contributed by atoms with Gasteiger partial charge in [-0.05, 0) is 42.5 Å². The Bertz CT molecular complexity index is 258. The number of hydrogen-bond acceptors (Lipinski definition) is 1. The van der Waals surface area contributed by atoms with E-state index in [1.54, 1.807) is 5.56 Å². The van der Waals surface area contributed by atoms with Gasteiger partial charge in [-0.1, -0.05) is 22.0 Å². The third-order valence-electron chi connectivity index (χ3n) is 2.06. The Hall–Kier alpha value is -0.340. The molecule has 2 rings (SSSR count).